The zero-order chi connectivity index (χ0) is 15.7. The van der Waals surface area contributed by atoms with Crippen LogP contribution in [0.25, 0.3) is 0 Å². The summed E-state index contributed by atoms with van der Waals surface area (Å²) in [5.41, 5.74) is 5.60. The lowest BCUT2D eigenvalue weighted by Gasteiger charge is -2.42. The fourth-order valence-corrected chi connectivity index (χ4v) is 4.20. The van der Waals surface area contributed by atoms with E-state index in [1.54, 1.807) is 18.8 Å². The fraction of sp³-hybridized carbons (Fsp3) is 0.579. The molecule has 0 saturated carbocycles. The molecule has 118 valence electrons. The third-order valence-corrected chi connectivity index (χ3v) is 5.22. The molecule has 1 heterocycles. The molecule has 1 N–H and O–H groups in total. The van der Waals surface area contributed by atoms with E-state index in [0.29, 0.717) is 5.71 Å². The molecule has 0 aromatic carbocycles. The van der Waals surface area contributed by atoms with Crippen LogP contribution in [-0.4, -0.2) is 24.1 Å². The number of allylic oxidation sites excluding steroid dienone is 4. The smallest absolute Gasteiger partial charge is 0.146 e. The standard InChI is InChI=1S/C19H26N2O/c1-4-10-19(5-2)16-9-7-6-8-14(16)15-11-13(20)12-17(22-3)18(15)21-19/h11-12,20H,4-10H2,1-3H3. The first-order valence-corrected chi connectivity index (χ1v) is 8.54. The third kappa shape index (κ3) is 2.27. The normalized spacial score (nSPS) is 27.6. The van der Waals surface area contributed by atoms with E-state index in [1.807, 2.05) is 6.08 Å². The molecule has 0 radical (unpaired) electrons. The second-order valence-corrected chi connectivity index (χ2v) is 6.49. The molecular weight excluding hydrogens is 272 g/mol. The molecule has 3 rings (SSSR count). The van der Waals surface area contributed by atoms with Gasteiger partial charge in [0.25, 0.3) is 0 Å². The van der Waals surface area contributed by atoms with Gasteiger partial charge in [-0.2, -0.15) is 0 Å². The topological polar surface area (TPSA) is 45.4 Å². The molecular formula is C19H26N2O. The maximum atomic E-state index is 8.07. The molecule has 3 aliphatic rings. The number of nitrogens with zero attached hydrogens (tertiary/aromatic N) is 1. The van der Waals surface area contributed by atoms with Crippen LogP contribution >= 0.6 is 0 Å². The van der Waals surface area contributed by atoms with Gasteiger partial charge in [-0.15, -0.1) is 0 Å². The number of rotatable bonds is 4. The number of dihydropyridines is 1. The molecule has 3 heteroatoms. The summed E-state index contributed by atoms with van der Waals surface area (Å²) in [5, 5.41) is 8.07. The summed E-state index contributed by atoms with van der Waals surface area (Å²) < 4.78 is 5.55. The number of hydrogen-bond acceptors (Lipinski definition) is 3. The van der Waals surface area contributed by atoms with Gasteiger partial charge in [-0.25, -0.2) is 0 Å². The third-order valence-electron chi connectivity index (χ3n) is 5.22. The average molecular weight is 298 g/mol. The van der Waals surface area contributed by atoms with E-state index in [0.717, 1.165) is 49.1 Å². The van der Waals surface area contributed by atoms with Gasteiger partial charge in [-0.05, 0) is 55.7 Å². The van der Waals surface area contributed by atoms with Crippen molar-refractivity contribution in [1.29, 1.82) is 5.41 Å². The van der Waals surface area contributed by atoms with Crippen LogP contribution in [0, 0.1) is 5.41 Å². The zero-order valence-electron chi connectivity index (χ0n) is 14.0. The number of ether oxygens (including phenoxy) is 1. The minimum absolute atomic E-state index is 0.0473. The van der Waals surface area contributed by atoms with Crippen molar-refractivity contribution in [3.63, 3.8) is 0 Å². The summed E-state index contributed by atoms with van der Waals surface area (Å²) in [5.74, 6) is 0.758. The van der Waals surface area contributed by atoms with Crippen molar-refractivity contribution in [2.45, 2.75) is 64.3 Å². The number of hydrogen-bond donors (Lipinski definition) is 1. The summed E-state index contributed by atoms with van der Waals surface area (Å²) in [4.78, 5) is 5.22. The molecule has 0 spiro atoms. The summed E-state index contributed by atoms with van der Waals surface area (Å²) in [6.45, 7) is 4.50. The largest absolute Gasteiger partial charge is 0.494 e. The molecule has 22 heavy (non-hydrogen) atoms. The van der Waals surface area contributed by atoms with Crippen molar-refractivity contribution in [2.24, 2.45) is 4.99 Å². The van der Waals surface area contributed by atoms with Crippen LogP contribution < -0.4 is 0 Å². The molecule has 2 aliphatic carbocycles. The molecule has 0 bridgehead atoms. The van der Waals surface area contributed by atoms with Crippen LogP contribution in [0.4, 0.5) is 0 Å². The van der Waals surface area contributed by atoms with Crippen LogP contribution in [0.3, 0.4) is 0 Å². The Morgan fingerprint density at radius 1 is 1.23 bits per heavy atom. The van der Waals surface area contributed by atoms with Crippen LogP contribution in [0.1, 0.15) is 58.8 Å². The predicted octanol–water partition coefficient (Wildman–Crippen LogP) is 4.75. The Morgan fingerprint density at radius 3 is 2.68 bits per heavy atom. The van der Waals surface area contributed by atoms with Gasteiger partial charge in [0.2, 0.25) is 0 Å². The van der Waals surface area contributed by atoms with Crippen molar-refractivity contribution < 1.29 is 4.74 Å². The molecule has 0 aromatic heterocycles. The quantitative estimate of drug-likeness (QED) is 0.748. The monoisotopic (exact) mass is 298 g/mol. The highest BCUT2D eigenvalue weighted by Crippen LogP contribution is 2.47. The zero-order valence-corrected chi connectivity index (χ0v) is 14.0. The first-order chi connectivity index (χ1) is 10.6. The fourth-order valence-electron chi connectivity index (χ4n) is 4.20. The lowest BCUT2D eigenvalue weighted by Crippen LogP contribution is -2.38. The van der Waals surface area contributed by atoms with Gasteiger partial charge in [-0.1, -0.05) is 20.3 Å². The van der Waals surface area contributed by atoms with Crippen LogP contribution in [-0.2, 0) is 4.74 Å². The van der Waals surface area contributed by atoms with Crippen molar-refractivity contribution >= 4 is 11.4 Å². The highest BCUT2D eigenvalue weighted by Gasteiger charge is 2.41. The van der Waals surface area contributed by atoms with E-state index in [-0.39, 0.29) is 5.54 Å². The summed E-state index contributed by atoms with van der Waals surface area (Å²) >= 11 is 0. The van der Waals surface area contributed by atoms with Gasteiger partial charge in [-0.3, -0.25) is 4.99 Å². The highest BCUT2D eigenvalue weighted by atomic mass is 16.5. The molecule has 0 aromatic rings. The summed E-state index contributed by atoms with van der Waals surface area (Å²) in [7, 11) is 1.68. The van der Waals surface area contributed by atoms with Gasteiger partial charge in [0.05, 0.1) is 18.4 Å². The number of fused-ring (bicyclic) bond motifs is 2. The van der Waals surface area contributed by atoms with Crippen molar-refractivity contribution in [1.82, 2.24) is 0 Å². The molecule has 1 atom stereocenters. The Kier molecular flexibility index (Phi) is 4.07. The number of nitrogens with one attached hydrogen (secondary N) is 1. The first kappa shape index (κ1) is 15.3. The first-order valence-electron chi connectivity index (χ1n) is 8.54. The van der Waals surface area contributed by atoms with E-state index in [1.165, 1.54) is 18.4 Å². The maximum absolute atomic E-state index is 8.07. The molecule has 0 amide bonds. The lowest BCUT2D eigenvalue weighted by molar-refractivity contribution is 0.312. The summed E-state index contributed by atoms with van der Waals surface area (Å²) in [6.07, 6.45) is 11.9. The second kappa shape index (κ2) is 5.86. The summed E-state index contributed by atoms with van der Waals surface area (Å²) in [6, 6.07) is 0. The molecule has 0 fully saturated rings. The van der Waals surface area contributed by atoms with Gasteiger partial charge < -0.3 is 10.1 Å². The Bertz CT molecular complexity index is 621. The SMILES string of the molecule is CCCC1(CC)N=C2C(OC)=CC(=N)C=C2C2=C1CCCC2. The van der Waals surface area contributed by atoms with Gasteiger partial charge in [0, 0.05) is 11.6 Å². The number of aliphatic imine (C=N–C) groups is 1. The van der Waals surface area contributed by atoms with Crippen molar-refractivity contribution in [3.8, 4) is 0 Å². The van der Waals surface area contributed by atoms with E-state index in [4.69, 9.17) is 15.1 Å². The Balaban J connectivity index is 2.19. The van der Waals surface area contributed by atoms with Gasteiger partial charge in [0.15, 0.2) is 0 Å². The molecule has 1 unspecified atom stereocenters. The van der Waals surface area contributed by atoms with E-state index in [2.05, 4.69) is 13.8 Å². The van der Waals surface area contributed by atoms with Crippen molar-refractivity contribution in [2.75, 3.05) is 7.11 Å². The molecule has 1 aliphatic heterocycles. The molecule has 0 saturated heterocycles. The number of methoxy groups -OCH3 is 1. The van der Waals surface area contributed by atoms with Gasteiger partial charge in [0.1, 0.15) is 11.5 Å². The minimum Gasteiger partial charge on any atom is -0.494 e. The van der Waals surface area contributed by atoms with E-state index in [9.17, 15) is 0 Å². The highest BCUT2D eigenvalue weighted by molar-refractivity contribution is 6.25. The lowest BCUT2D eigenvalue weighted by atomic mass is 9.70. The van der Waals surface area contributed by atoms with Crippen LogP contribution in [0.2, 0.25) is 0 Å². The average Bonchev–Trinajstić information content (AvgIpc) is 2.55. The van der Waals surface area contributed by atoms with Crippen molar-refractivity contribution in [3.05, 3.63) is 34.6 Å². The van der Waals surface area contributed by atoms with Crippen LogP contribution in [0.5, 0.6) is 0 Å². The van der Waals surface area contributed by atoms with E-state index < -0.39 is 0 Å². The molecule has 3 nitrogen and oxygen atoms in total. The maximum Gasteiger partial charge on any atom is 0.146 e. The minimum atomic E-state index is -0.0473. The van der Waals surface area contributed by atoms with E-state index >= 15 is 0 Å². The predicted molar refractivity (Wildman–Crippen MR) is 91.8 cm³/mol. The Hall–Kier alpha value is -1.64. The van der Waals surface area contributed by atoms with Gasteiger partial charge >= 0.3 is 0 Å². The Morgan fingerprint density at radius 2 is 2.00 bits per heavy atom. The van der Waals surface area contributed by atoms with Crippen LogP contribution in [0.15, 0.2) is 39.6 Å². The Labute approximate surface area is 133 Å². The second-order valence-electron chi connectivity index (χ2n) is 6.49.